The molecule has 10 aromatic rings. The van der Waals surface area contributed by atoms with Crippen molar-refractivity contribution >= 4 is 60.4 Å². The average molecular weight is 663 g/mol. The van der Waals surface area contributed by atoms with Gasteiger partial charge in [-0.3, -0.25) is 0 Å². The largest absolute Gasteiger partial charge is 0.310 e. The lowest BCUT2D eigenvalue weighted by molar-refractivity contribution is 1.19. The molecule has 0 radical (unpaired) electrons. The zero-order valence-corrected chi connectivity index (χ0v) is 28.5. The summed E-state index contributed by atoms with van der Waals surface area (Å²) in [5.41, 5.74) is 11.7. The predicted octanol–water partition coefficient (Wildman–Crippen LogP) is 13.9. The number of benzene rings is 9. The summed E-state index contributed by atoms with van der Waals surface area (Å²) < 4.78 is 2.46. The van der Waals surface area contributed by atoms with Gasteiger partial charge in [-0.25, -0.2) is 0 Å². The summed E-state index contributed by atoms with van der Waals surface area (Å²) in [4.78, 5) is 2.41. The fraction of sp³-hybridized carbons (Fsp3) is 0. The van der Waals surface area contributed by atoms with E-state index in [2.05, 4.69) is 216 Å². The summed E-state index contributed by atoms with van der Waals surface area (Å²) >= 11 is 0. The van der Waals surface area contributed by atoms with E-state index >= 15 is 0 Å². The lowest BCUT2D eigenvalue weighted by Crippen LogP contribution is -2.11. The number of rotatable bonds is 6. The second-order valence-electron chi connectivity index (χ2n) is 13.4. The maximum atomic E-state index is 2.46. The first-order valence-electron chi connectivity index (χ1n) is 17.9. The number of hydrogen-bond donors (Lipinski definition) is 0. The van der Waals surface area contributed by atoms with Gasteiger partial charge in [-0.05, 0) is 87.6 Å². The molecule has 0 bridgehead atoms. The zero-order chi connectivity index (χ0) is 34.4. The third-order valence-corrected chi connectivity index (χ3v) is 10.3. The molecule has 0 saturated heterocycles. The molecule has 244 valence electrons. The van der Waals surface area contributed by atoms with Gasteiger partial charge in [-0.2, -0.15) is 0 Å². The predicted molar refractivity (Wildman–Crippen MR) is 221 cm³/mol. The van der Waals surface area contributed by atoms with Crippen molar-refractivity contribution in [2.24, 2.45) is 0 Å². The Balaban J connectivity index is 1.20. The molecular formula is C50H34N2. The van der Waals surface area contributed by atoms with E-state index in [9.17, 15) is 0 Å². The molecule has 0 amide bonds. The maximum Gasteiger partial charge on any atom is 0.0547 e. The fourth-order valence-electron chi connectivity index (χ4n) is 7.89. The molecule has 0 atom stereocenters. The van der Waals surface area contributed by atoms with E-state index in [0.29, 0.717) is 0 Å². The molecule has 2 nitrogen and oxygen atoms in total. The fourth-order valence-corrected chi connectivity index (χ4v) is 7.89. The van der Waals surface area contributed by atoms with Gasteiger partial charge >= 0.3 is 0 Å². The minimum atomic E-state index is 1.10. The van der Waals surface area contributed by atoms with Crippen LogP contribution in [0.1, 0.15) is 0 Å². The molecule has 1 aromatic heterocycles. The highest BCUT2D eigenvalue weighted by Gasteiger charge is 2.20. The Kier molecular flexibility index (Phi) is 7.18. The van der Waals surface area contributed by atoms with Crippen molar-refractivity contribution in [3.05, 3.63) is 206 Å². The van der Waals surface area contributed by atoms with Crippen LogP contribution >= 0.6 is 0 Å². The Morgan fingerprint density at radius 2 is 0.885 bits per heavy atom. The van der Waals surface area contributed by atoms with E-state index in [0.717, 1.165) is 17.1 Å². The van der Waals surface area contributed by atoms with Crippen molar-refractivity contribution in [2.75, 3.05) is 4.90 Å². The lowest BCUT2D eigenvalue weighted by atomic mass is 10.0. The third-order valence-electron chi connectivity index (χ3n) is 10.3. The van der Waals surface area contributed by atoms with Crippen LogP contribution in [0.25, 0.3) is 71.3 Å². The van der Waals surface area contributed by atoms with Crippen molar-refractivity contribution in [3.63, 3.8) is 0 Å². The normalized spacial score (nSPS) is 11.5. The van der Waals surface area contributed by atoms with Crippen LogP contribution in [0.15, 0.2) is 206 Å². The SMILES string of the molecule is c1ccc(-c2ccc(N(c3cccc(-c4ccccc4)c3)c3ccc(-n4c5ccccc5c5cc6ccccc6cc54)c4ccccc34)cc2)cc1. The second kappa shape index (κ2) is 12.5. The highest BCUT2D eigenvalue weighted by Crippen LogP contribution is 2.44. The monoisotopic (exact) mass is 662 g/mol. The van der Waals surface area contributed by atoms with Gasteiger partial charge in [0.05, 0.1) is 22.4 Å². The zero-order valence-electron chi connectivity index (χ0n) is 28.5. The first-order valence-corrected chi connectivity index (χ1v) is 17.9. The molecule has 2 heteroatoms. The third kappa shape index (κ3) is 5.04. The number of hydrogen-bond acceptors (Lipinski definition) is 1. The minimum Gasteiger partial charge on any atom is -0.310 e. The van der Waals surface area contributed by atoms with Gasteiger partial charge < -0.3 is 9.47 Å². The Labute approximate surface area is 303 Å². The molecule has 0 unspecified atom stereocenters. The number of nitrogens with zero attached hydrogens (tertiary/aromatic N) is 2. The molecule has 0 aliphatic rings. The van der Waals surface area contributed by atoms with Gasteiger partial charge in [0.25, 0.3) is 0 Å². The van der Waals surface area contributed by atoms with E-state index in [1.165, 1.54) is 71.3 Å². The first-order chi connectivity index (χ1) is 25.8. The summed E-state index contributed by atoms with van der Waals surface area (Å²) in [7, 11) is 0. The van der Waals surface area contributed by atoms with Crippen LogP contribution in [0.2, 0.25) is 0 Å². The van der Waals surface area contributed by atoms with Crippen molar-refractivity contribution in [1.82, 2.24) is 4.57 Å². The summed E-state index contributed by atoms with van der Waals surface area (Å²) in [6, 6.07) is 74.7. The van der Waals surface area contributed by atoms with Crippen LogP contribution in [-0.2, 0) is 0 Å². The van der Waals surface area contributed by atoms with E-state index in [4.69, 9.17) is 0 Å². The van der Waals surface area contributed by atoms with Crippen LogP contribution < -0.4 is 4.90 Å². The van der Waals surface area contributed by atoms with Crippen molar-refractivity contribution < 1.29 is 0 Å². The van der Waals surface area contributed by atoms with E-state index in [1.54, 1.807) is 0 Å². The van der Waals surface area contributed by atoms with Crippen LogP contribution in [0, 0.1) is 0 Å². The van der Waals surface area contributed by atoms with Crippen LogP contribution in [-0.4, -0.2) is 4.57 Å². The molecule has 0 fully saturated rings. The molecular weight excluding hydrogens is 629 g/mol. The van der Waals surface area contributed by atoms with Gasteiger partial charge in [0.1, 0.15) is 0 Å². The number of aromatic nitrogens is 1. The Morgan fingerprint density at radius 3 is 1.63 bits per heavy atom. The van der Waals surface area contributed by atoms with Crippen molar-refractivity contribution in [2.45, 2.75) is 0 Å². The molecule has 10 rings (SSSR count). The second-order valence-corrected chi connectivity index (χ2v) is 13.4. The molecule has 0 spiro atoms. The number of fused-ring (bicyclic) bond motifs is 5. The van der Waals surface area contributed by atoms with E-state index < -0.39 is 0 Å². The lowest BCUT2D eigenvalue weighted by Gasteiger charge is -2.28. The molecule has 0 aliphatic heterocycles. The molecule has 0 aliphatic carbocycles. The van der Waals surface area contributed by atoms with Crippen LogP contribution in [0.4, 0.5) is 17.1 Å². The van der Waals surface area contributed by atoms with Gasteiger partial charge in [0.15, 0.2) is 0 Å². The molecule has 52 heavy (non-hydrogen) atoms. The number of anilines is 3. The molecule has 0 N–H and O–H groups in total. The van der Waals surface area contributed by atoms with E-state index in [-0.39, 0.29) is 0 Å². The minimum absolute atomic E-state index is 1.10. The highest BCUT2D eigenvalue weighted by molar-refractivity contribution is 6.15. The van der Waals surface area contributed by atoms with Gasteiger partial charge in [-0.15, -0.1) is 0 Å². The van der Waals surface area contributed by atoms with Crippen LogP contribution in [0.5, 0.6) is 0 Å². The summed E-state index contributed by atoms with van der Waals surface area (Å²) in [6.07, 6.45) is 0. The Bertz CT molecular complexity index is 2890. The Morgan fingerprint density at radius 1 is 0.308 bits per heavy atom. The first kappa shape index (κ1) is 30.0. The summed E-state index contributed by atoms with van der Waals surface area (Å²) in [5, 5.41) is 7.40. The standard InChI is InChI=1S/C50H34N2/c1-3-14-35(15-4-1)37-26-28-41(29-27-37)51(42-21-13-20-38(32-42)36-16-5-2-6-17-36)48-30-31-49(44-23-10-9-22-43(44)48)52-47-25-12-11-24-45(47)46-33-39-18-7-8-19-40(39)34-50(46)52/h1-34H. The van der Waals surface area contributed by atoms with Gasteiger partial charge in [0, 0.05) is 32.9 Å². The highest BCUT2D eigenvalue weighted by atomic mass is 15.1. The Hall–Kier alpha value is -6.90. The molecule has 0 saturated carbocycles. The van der Waals surface area contributed by atoms with Gasteiger partial charge in [-0.1, -0.05) is 152 Å². The summed E-state index contributed by atoms with van der Waals surface area (Å²) in [5.74, 6) is 0. The van der Waals surface area contributed by atoms with Crippen LogP contribution in [0.3, 0.4) is 0 Å². The van der Waals surface area contributed by atoms with E-state index in [1.807, 2.05) is 0 Å². The number of para-hydroxylation sites is 1. The van der Waals surface area contributed by atoms with Gasteiger partial charge in [0.2, 0.25) is 0 Å². The molecule has 9 aromatic carbocycles. The average Bonchev–Trinajstić information content (AvgIpc) is 3.54. The molecule has 1 heterocycles. The van der Waals surface area contributed by atoms with Crippen molar-refractivity contribution in [3.8, 4) is 27.9 Å². The smallest absolute Gasteiger partial charge is 0.0547 e. The maximum absolute atomic E-state index is 2.46. The summed E-state index contributed by atoms with van der Waals surface area (Å²) in [6.45, 7) is 0. The topological polar surface area (TPSA) is 8.17 Å². The quantitative estimate of drug-likeness (QED) is 0.172. The van der Waals surface area contributed by atoms with Crippen molar-refractivity contribution in [1.29, 1.82) is 0 Å².